The van der Waals surface area contributed by atoms with Gasteiger partial charge in [0.05, 0.1) is 6.61 Å². The van der Waals surface area contributed by atoms with Gasteiger partial charge >= 0.3 is 5.97 Å². The third kappa shape index (κ3) is 11.0. The summed E-state index contributed by atoms with van der Waals surface area (Å²) in [4.78, 5) is 40.7. The molecule has 3 rings (SSSR count). The molecule has 0 aliphatic carbocycles. The standard InChI is InChI=1S/C34H42N2O4/c1-2-40-33(38)23-15-4-3-14-22-32(37)36(27-30-20-12-7-13-21-30)31(26-29-18-10-6-11-19-29)34(39)35-25-24-28-16-8-5-9-17-28/h5-13,16-21,31H,2-4,14-15,22-27H2,1H3,(H,35,39). The van der Waals surface area contributed by atoms with Crippen LogP contribution in [0.4, 0.5) is 0 Å². The average molecular weight is 543 g/mol. The van der Waals surface area contributed by atoms with Crippen LogP contribution < -0.4 is 5.32 Å². The van der Waals surface area contributed by atoms with Gasteiger partial charge in [0.1, 0.15) is 6.04 Å². The number of hydrogen-bond acceptors (Lipinski definition) is 4. The molecule has 0 fully saturated rings. The van der Waals surface area contributed by atoms with Gasteiger partial charge in [-0.1, -0.05) is 104 Å². The summed E-state index contributed by atoms with van der Waals surface area (Å²) in [5, 5.41) is 3.10. The van der Waals surface area contributed by atoms with Gasteiger partial charge in [-0.3, -0.25) is 14.4 Å². The highest BCUT2D eigenvalue weighted by molar-refractivity contribution is 5.88. The molecule has 3 aromatic rings. The van der Waals surface area contributed by atoms with Crippen LogP contribution in [-0.2, 0) is 38.5 Å². The predicted octanol–water partition coefficient (Wildman–Crippen LogP) is 5.89. The van der Waals surface area contributed by atoms with E-state index in [-0.39, 0.29) is 17.8 Å². The van der Waals surface area contributed by atoms with Crippen molar-refractivity contribution in [3.63, 3.8) is 0 Å². The zero-order chi connectivity index (χ0) is 28.4. The van der Waals surface area contributed by atoms with Crippen LogP contribution in [0.15, 0.2) is 91.0 Å². The highest BCUT2D eigenvalue weighted by Gasteiger charge is 2.30. The van der Waals surface area contributed by atoms with Gasteiger partial charge in [0.2, 0.25) is 11.8 Å². The van der Waals surface area contributed by atoms with E-state index in [0.717, 1.165) is 42.4 Å². The Hall–Kier alpha value is -3.93. The minimum Gasteiger partial charge on any atom is -0.466 e. The number of ether oxygens (including phenoxy) is 1. The fraction of sp³-hybridized carbons (Fsp3) is 0.382. The highest BCUT2D eigenvalue weighted by atomic mass is 16.5. The van der Waals surface area contributed by atoms with Gasteiger partial charge in [-0.2, -0.15) is 0 Å². The Kier molecular flexibility index (Phi) is 13.5. The van der Waals surface area contributed by atoms with Gasteiger partial charge in [-0.25, -0.2) is 0 Å². The number of esters is 1. The first kappa shape index (κ1) is 30.6. The van der Waals surface area contributed by atoms with E-state index in [1.54, 1.807) is 11.8 Å². The van der Waals surface area contributed by atoms with Gasteiger partial charge in [0.25, 0.3) is 0 Å². The van der Waals surface area contributed by atoms with Gasteiger partial charge in [-0.05, 0) is 42.9 Å². The lowest BCUT2D eigenvalue weighted by atomic mass is 10.0. The molecule has 0 spiro atoms. The third-order valence-corrected chi connectivity index (χ3v) is 6.85. The molecule has 0 bridgehead atoms. The van der Waals surface area contributed by atoms with Crippen molar-refractivity contribution < 1.29 is 19.1 Å². The quantitative estimate of drug-likeness (QED) is 0.171. The first-order valence-corrected chi connectivity index (χ1v) is 14.4. The summed E-state index contributed by atoms with van der Waals surface area (Å²) in [7, 11) is 0. The van der Waals surface area contributed by atoms with Gasteiger partial charge < -0.3 is 15.0 Å². The molecule has 0 saturated heterocycles. The smallest absolute Gasteiger partial charge is 0.305 e. The maximum Gasteiger partial charge on any atom is 0.305 e. The van der Waals surface area contributed by atoms with Crippen molar-refractivity contribution in [3.8, 4) is 0 Å². The largest absolute Gasteiger partial charge is 0.466 e. The van der Waals surface area contributed by atoms with Crippen LogP contribution in [0.1, 0.15) is 62.1 Å². The normalized spacial score (nSPS) is 11.4. The van der Waals surface area contributed by atoms with E-state index in [9.17, 15) is 14.4 Å². The van der Waals surface area contributed by atoms with Gasteiger partial charge in [0.15, 0.2) is 0 Å². The molecule has 0 aliphatic rings. The van der Waals surface area contributed by atoms with Crippen molar-refractivity contribution >= 4 is 17.8 Å². The van der Waals surface area contributed by atoms with Crippen molar-refractivity contribution in [1.29, 1.82) is 0 Å². The van der Waals surface area contributed by atoms with E-state index in [1.165, 1.54) is 0 Å². The molecule has 6 heteroatoms. The Balaban J connectivity index is 1.69. The minimum absolute atomic E-state index is 0.0339. The number of rotatable bonds is 17. The second-order valence-electron chi connectivity index (χ2n) is 9.96. The highest BCUT2D eigenvalue weighted by Crippen LogP contribution is 2.17. The number of amides is 2. The zero-order valence-electron chi connectivity index (χ0n) is 23.6. The first-order valence-electron chi connectivity index (χ1n) is 14.4. The number of carbonyl (C=O) groups is 3. The molecule has 0 radical (unpaired) electrons. The Labute approximate surface area is 238 Å². The molecule has 1 N–H and O–H groups in total. The second-order valence-corrected chi connectivity index (χ2v) is 9.96. The summed E-state index contributed by atoms with van der Waals surface area (Å²) < 4.78 is 4.99. The summed E-state index contributed by atoms with van der Waals surface area (Å²) >= 11 is 0. The van der Waals surface area contributed by atoms with Crippen molar-refractivity contribution in [2.45, 2.75) is 70.9 Å². The third-order valence-electron chi connectivity index (χ3n) is 6.85. The fourth-order valence-corrected chi connectivity index (χ4v) is 4.70. The van der Waals surface area contributed by atoms with Crippen molar-refractivity contribution in [2.24, 2.45) is 0 Å². The summed E-state index contributed by atoms with van der Waals surface area (Å²) in [6.45, 7) is 3.07. The summed E-state index contributed by atoms with van der Waals surface area (Å²) in [6.07, 6.45) is 5.09. The van der Waals surface area contributed by atoms with Crippen molar-refractivity contribution in [3.05, 3.63) is 108 Å². The number of benzene rings is 3. The molecule has 0 aromatic heterocycles. The Morgan fingerprint density at radius 1 is 0.725 bits per heavy atom. The van der Waals surface area contributed by atoms with Crippen LogP contribution in [0.2, 0.25) is 0 Å². The number of unbranched alkanes of at least 4 members (excludes halogenated alkanes) is 3. The molecule has 3 aromatic carbocycles. The van der Waals surface area contributed by atoms with E-state index in [1.807, 2.05) is 91.0 Å². The predicted molar refractivity (Wildman–Crippen MR) is 158 cm³/mol. The molecule has 212 valence electrons. The number of carbonyl (C=O) groups excluding carboxylic acids is 3. The molecular formula is C34H42N2O4. The molecule has 6 nitrogen and oxygen atoms in total. The first-order chi connectivity index (χ1) is 19.6. The second kappa shape index (κ2) is 17.6. The van der Waals surface area contributed by atoms with Crippen LogP contribution in [0.5, 0.6) is 0 Å². The topological polar surface area (TPSA) is 75.7 Å². The lowest BCUT2D eigenvalue weighted by Crippen LogP contribution is -2.50. The van der Waals surface area contributed by atoms with E-state index in [4.69, 9.17) is 4.74 Å². The monoisotopic (exact) mass is 542 g/mol. The Morgan fingerprint density at radius 3 is 1.88 bits per heavy atom. The van der Waals surface area contributed by atoms with E-state index >= 15 is 0 Å². The van der Waals surface area contributed by atoms with Gasteiger partial charge in [-0.15, -0.1) is 0 Å². The number of hydrogen-bond donors (Lipinski definition) is 1. The van der Waals surface area contributed by atoms with Gasteiger partial charge in [0, 0.05) is 32.4 Å². The maximum absolute atomic E-state index is 13.7. The molecule has 1 atom stereocenters. The van der Waals surface area contributed by atoms with E-state index in [0.29, 0.717) is 45.4 Å². The molecular weight excluding hydrogens is 500 g/mol. The van der Waals surface area contributed by atoms with Crippen LogP contribution in [0.25, 0.3) is 0 Å². The van der Waals surface area contributed by atoms with Crippen LogP contribution in [-0.4, -0.2) is 41.9 Å². The molecule has 40 heavy (non-hydrogen) atoms. The van der Waals surface area contributed by atoms with Crippen molar-refractivity contribution in [1.82, 2.24) is 10.2 Å². The Morgan fingerprint density at radius 2 is 1.27 bits per heavy atom. The molecule has 0 saturated carbocycles. The maximum atomic E-state index is 13.7. The van der Waals surface area contributed by atoms with Crippen LogP contribution in [0, 0.1) is 0 Å². The lowest BCUT2D eigenvalue weighted by molar-refractivity contribution is -0.143. The fourth-order valence-electron chi connectivity index (χ4n) is 4.70. The van der Waals surface area contributed by atoms with E-state index in [2.05, 4.69) is 5.32 Å². The zero-order valence-corrected chi connectivity index (χ0v) is 23.6. The van der Waals surface area contributed by atoms with Crippen molar-refractivity contribution in [2.75, 3.05) is 13.2 Å². The summed E-state index contributed by atoms with van der Waals surface area (Å²) in [6, 6.07) is 29.1. The molecule has 2 amide bonds. The minimum atomic E-state index is -0.630. The molecule has 0 heterocycles. The average Bonchev–Trinajstić information content (AvgIpc) is 2.98. The SMILES string of the molecule is CCOC(=O)CCCCCCC(=O)N(Cc1ccccc1)C(Cc1ccccc1)C(=O)NCCc1ccccc1. The summed E-state index contributed by atoms with van der Waals surface area (Å²) in [5.74, 6) is -0.346. The summed E-state index contributed by atoms with van der Waals surface area (Å²) in [5.41, 5.74) is 3.15. The van der Waals surface area contributed by atoms with Crippen LogP contribution in [0.3, 0.4) is 0 Å². The van der Waals surface area contributed by atoms with Crippen LogP contribution >= 0.6 is 0 Å². The number of nitrogens with zero attached hydrogens (tertiary/aromatic N) is 1. The molecule has 1 unspecified atom stereocenters. The number of nitrogens with one attached hydrogen (secondary N) is 1. The van der Waals surface area contributed by atoms with E-state index < -0.39 is 6.04 Å². The molecule has 0 aliphatic heterocycles. The lowest BCUT2D eigenvalue weighted by Gasteiger charge is -2.31. The Bertz CT molecular complexity index is 1150.